The van der Waals surface area contributed by atoms with Gasteiger partial charge in [-0.05, 0) is 31.5 Å². The van der Waals surface area contributed by atoms with Crippen LogP contribution in [0.3, 0.4) is 0 Å². The number of hydrogen-bond donors (Lipinski definition) is 2. The van der Waals surface area contributed by atoms with Crippen LogP contribution in [0.4, 0.5) is 5.69 Å². The number of nitrogens with two attached hydrogens (primary N) is 1. The number of nitrogens with one attached hydrogen (secondary N) is 1. The number of H-pyrrole nitrogens is 1. The normalized spacial score (nSPS) is 11.5. The van der Waals surface area contributed by atoms with Crippen molar-refractivity contribution in [3.8, 4) is 0 Å². The minimum absolute atomic E-state index is 0.151. The molecule has 6 nitrogen and oxygen atoms in total. The number of nitrogens with zero attached hydrogens (tertiary/aromatic N) is 2. The monoisotopic (exact) mass is 294 g/mol. The van der Waals surface area contributed by atoms with E-state index >= 15 is 0 Å². The average Bonchev–Trinajstić information content (AvgIpc) is 2.95. The molecular weight excluding hydrogens is 276 g/mol. The Balaban J connectivity index is 2.46. The third kappa shape index (κ3) is 2.83. The standard InChI is InChI=1S/C13H18N4O2S/c1-11-5-2-3-6-13(11)17(8-4-7-14)20(18,19)12-9-15-16-10-12/h2-3,5-6,9-10H,4,7-8,14H2,1H3,(H,15,16). The molecule has 0 bridgehead atoms. The summed E-state index contributed by atoms with van der Waals surface area (Å²) in [5, 5.41) is 6.24. The van der Waals surface area contributed by atoms with E-state index in [1.165, 1.54) is 16.7 Å². The van der Waals surface area contributed by atoms with Crippen LogP contribution in [-0.4, -0.2) is 31.7 Å². The minimum Gasteiger partial charge on any atom is -0.330 e. The van der Waals surface area contributed by atoms with E-state index in [-0.39, 0.29) is 4.90 Å². The van der Waals surface area contributed by atoms with Gasteiger partial charge in [-0.3, -0.25) is 9.40 Å². The molecule has 1 aromatic carbocycles. The zero-order valence-corrected chi connectivity index (χ0v) is 12.1. The van der Waals surface area contributed by atoms with E-state index < -0.39 is 10.0 Å². The lowest BCUT2D eigenvalue weighted by Crippen LogP contribution is -2.33. The van der Waals surface area contributed by atoms with Crippen LogP contribution in [0.1, 0.15) is 12.0 Å². The van der Waals surface area contributed by atoms with Crippen molar-refractivity contribution in [3.05, 3.63) is 42.2 Å². The largest absolute Gasteiger partial charge is 0.330 e. The zero-order valence-electron chi connectivity index (χ0n) is 11.3. The molecular formula is C13H18N4O2S. The van der Waals surface area contributed by atoms with Gasteiger partial charge in [-0.25, -0.2) is 8.42 Å². The highest BCUT2D eigenvalue weighted by Crippen LogP contribution is 2.26. The molecule has 0 aliphatic carbocycles. The molecule has 0 unspecified atom stereocenters. The molecule has 0 saturated heterocycles. The highest BCUT2D eigenvalue weighted by molar-refractivity contribution is 7.92. The summed E-state index contributed by atoms with van der Waals surface area (Å²) in [4.78, 5) is 0.151. The van der Waals surface area contributed by atoms with E-state index in [2.05, 4.69) is 10.2 Å². The van der Waals surface area contributed by atoms with Crippen molar-refractivity contribution in [2.75, 3.05) is 17.4 Å². The summed E-state index contributed by atoms with van der Waals surface area (Å²) in [5.41, 5.74) is 7.08. The van der Waals surface area contributed by atoms with Gasteiger partial charge in [-0.1, -0.05) is 18.2 Å². The Bertz CT molecular complexity index is 653. The second-order valence-electron chi connectivity index (χ2n) is 4.44. The lowest BCUT2D eigenvalue weighted by molar-refractivity contribution is 0.589. The number of benzene rings is 1. The van der Waals surface area contributed by atoms with Gasteiger partial charge in [-0.15, -0.1) is 0 Å². The smallest absolute Gasteiger partial charge is 0.267 e. The first-order valence-electron chi connectivity index (χ1n) is 6.34. The fourth-order valence-corrected chi connectivity index (χ4v) is 3.43. The Labute approximate surface area is 118 Å². The van der Waals surface area contributed by atoms with Crippen molar-refractivity contribution in [2.24, 2.45) is 5.73 Å². The van der Waals surface area contributed by atoms with Crippen LogP contribution < -0.4 is 10.0 Å². The van der Waals surface area contributed by atoms with E-state index in [0.29, 0.717) is 25.2 Å². The van der Waals surface area contributed by atoms with Gasteiger partial charge in [0.15, 0.2) is 0 Å². The lowest BCUT2D eigenvalue weighted by atomic mass is 10.2. The molecule has 108 valence electrons. The van der Waals surface area contributed by atoms with Crippen molar-refractivity contribution < 1.29 is 8.42 Å². The van der Waals surface area contributed by atoms with Gasteiger partial charge in [0.2, 0.25) is 0 Å². The minimum atomic E-state index is -3.62. The van der Waals surface area contributed by atoms with E-state index in [1.54, 1.807) is 6.07 Å². The maximum absolute atomic E-state index is 12.7. The topological polar surface area (TPSA) is 92.1 Å². The van der Waals surface area contributed by atoms with Gasteiger partial charge in [0, 0.05) is 12.7 Å². The molecule has 0 aliphatic heterocycles. The van der Waals surface area contributed by atoms with Crippen LogP contribution in [-0.2, 0) is 10.0 Å². The second-order valence-corrected chi connectivity index (χ2v) is 6.30. The molecule has 2 rings (SSSR count). The summed E-state index contributed by atoms with van der Waals surface area (Å²) in [6, 6.07) is 7.38. The molecule has 7 heteroatoms. The lowest BCUT2D eigenvalue weighted by Gasteiger charge is -2.25. The SMILES string of the molecule is Cc1ccccc1N(CCCN)S(=O)(=O)c1cn[nH]c1. The number of aryl methyl sites for hydroxylation is 1. The number of sulfonamides is 1. The molecule has 0 fully saturated rings. The Hall–Kier alpha value is -1.86. The third-order valence-electron chi connectivity index (χ3n) is 3.01. The zero-order chi connectivity index (χ0) is 14.6. The van der Waals surface area contributed by atoms with Crippen molar-refractivity contribution in [3.63, 3.8) is 0 Å². The summed E-state index contributed by atoms with van der Waals surface area (Å²) in [5.74, 6) is 0. The fraction of sp³-hybridized carbons (Fsp3) is 0.308. The van der Waals surface area contributed by atoms with E-state index in [4.69, 9.17) is 5.73 Å². The number of hydrogen-bond acceptors (Lipinski definition) is 4. The maximum Gasteiger partial charge on any atom is 0.267 e. The van der Waals surface area contributed by atoms with Crippen LogP contribution >= 0.6 is 0 Å². The number of para-hydroxylation sites is 1. The highest BCUT2D eigenvalue weighted by Gasteiger charge is 2.26. The predicted octanol–water partition coefficient (Wildman–Crippen LogP) is 1.26. The highest BCUT2D eigenvalue weighted by atomic mass is 32.2. The van der Waals surface area contributed by atoms with Crippen molar-refractivity contribution >= 4 is 15.7 Å². The fourth-order valence-electron chi connectivity index (χ4n) is 1.96. The molecule has 1 aromatic heterocycles. The van der Waals surface area contributed by atoms with Gasteiger partial charge < -0.3 is 5.73 Å². The molecule has 0 saturated carbocycles. The van der Waals surface area contributed by atoms with Crippen LogP contribution in [0, 0.1) is 6.92 Å². The maximum atomic E-state index is 12.7. The second kappa shape index (κ2) is 6.06. The first kappa shape index (κ1) is 14.5. The molecule has 0 aliphatic rings. The summed E-state index contributed by atoms with van der Waals surface area (Å²) >= 11 is 0. The summed E-state index contributed by atoms with van der Waals surface area (Å²) in [6.07, 6.45) is 3.28. The Morgan fingerprint density at radius 3 is 2.70 bits per heavy atom. The molecule has 0 radical (unpaired) electrons. The van der Waals surface area contributed by atoms with Crippen LogP contribution in [0.25, 0.3) is 0 Å². The quantitative estimate of drug-likeness (QED) is 0.839. The van der Waals surface area contributed by atoms with Crippen LogP contribution in [0.15, 0.2) is 41.6 Å². The summed E-state index contributed by atoms with van der Waals surface area (Å²) in [7, 11) is -3.62. The average molecular weight is 294 g/mol. The van der Waals surface area contributed by atoms with Crippen LogP contribution in [0.2, 0.25) is 0 Å². The summed E-state index contributed by atoms with van der Waals surface area (Å²) < 4.78 is 26.7. The first-order valence-corrected chi connectivity index (χ1v) is 7.78. The number of aromatic amines is 1. The molecule has 0 spiro atoms. The van der Waals surface area contributed by atoms with E-state index in [1.807, 2.05) is 25.1 Å². The van der Waals surface area contributed by atoms with Gasteiger partial charge in [-0.2, -0.15) is 5.10 Å². The van der Waals surface area contributed by atoms with Crippen molar-refractivity contribution in [1.82, 2.24) is 10.2 Å². The van der Waals surface area contributed by atoms with Gasteiger partial charge in [0.25, 0.3) is 10.0 Å². The number of rotatable bonds is 6. The van der Waals surface area contributed by atoms with E-state index in [9.17, 15) is 8.42 Å². The number of anilines is 1. The molecule has 20 heavy (non-hydrogen) atoms. The van der Waals surface area contributed by atoms with Gasteiger partial charge >= 0.3 is 0 Å². The molecule has 1 heterocycles. The van der Waals surface area contributed by atoms with Gasteiger partial charge in [0.05, 0.1) is 11.9 Å². The predicted molar refractivity (Wildman–Crippen MR) is 78.0 cm³/mol. The molecule has 2 aromatic rings. The molecule has 3 N–H and O–H groups in total. The first-order chi connectivity index (χ1) is 9.57. The van der Waals surface area contributed by atoms with Crippen molar-refractivity contribution in [1.29, 1.82) is 0 Å². The third-order valence-corrected chi connectivity index (χ3v) is 4.79. The van der Waals surface area contributed by atoms with Crippen molar-refractivity contribution in [2.45, 2.75) is 18.2 Å². The van der Waals surface area contributed by atoms with Crippen LogP contribution in [0.5, 0.6) is 0 Å². The Morgan fingerprint density at radius 1 is 1.35 bits per heavy atom. The van der Waals surface area contributed by atoms with E-state index in [0.717, 1.165) is 5.56 Å². The van der Waals surface area contributed by atoms with Gasteiger partial charge in [0.1, 0.15) is 4.90 Å². The Kier molecular flexibility index (Phi) is 4.41. The summed E-state index contributed by atoms with van der Waals surface area (Å²) in [6.45, 7) is 2.66. The molecule has 0 amide bonds. The Morgan fingerprint density at radius 2 is 2.10 bits per heavy atom. The number of aromatic nitrogens is 2. The molecule has 0 atom stereocenters.